The first-order valence-electron chi connectivity index (χ1n) is 27.8. The molecule has 0 spiro atoms. The van der Waals surface area contributed by atoms with Crippen molar-refractivity contribution in [1.29, 1.82) is 0 Å². The van der Waals surface area contributed by atoms with Gasteiger partial charge in [-0.25, -0.2) is 9.97 Å². The van der Waals surface area contributed by atoms with Gasteiger partial charge in [-0.05, 0) is 151 Å². The van der Waals surface area contributed by atoms with Gasteiger partial charge in [-0.2, -0.15) is 0 Å². The molecule has 0 radical (unpaired) electrons. The van der Waals surface area contributed by atoms with Crippen LogP contribution in [0.25, 0.3) is 133 Å². The first-order valence-corrected chi connectivity index (χ1v) is 24.8. The molecule has 0 amide bonds. The lowest BCUT2D eigenvalue weighted by Crippen LogP contribution is -2.03. The molecule has 0 fully saturated rings. The molecule has 348 valence electrons. The predicted octanol–water partition coefficient (Wildman–Crippen LogP) is 16.2. The molecule has 0 bridgehead atoms. The topological polar surface area (TPSA) is 54.8 Å². The van der Waals surface area contributed by atoms with Crippen molar-refractivity contribution in [3.05, 3.63) is 242 Å². The molecule has 8 nitrogen and oxygen atoms in total. The Labute approximate surface area is 432 Å². The number of hydrogen-bond donors (Lipinski definition) is 0. The summed E-state index contributed by atoms with van der Waals surface area (Å²) in [4.78, 5) is 10.1. The van der Waals surface area contributed by atoms with E-state index < -0.39 is 13.7 Å². The van der Waals surface area contributed by atoms with E-state index in [1.165, 1.54) is 0 Å². The molecule has 8 heteroatoms. The molecule has 0 aliphatic rings. The summed E-state index contributed by atoms with van der Waals surface area (Å²) in [5.74, 6) is 0.704. The van der Waals surface area contributed by atoms with Crippen molar-refractivity contribution in [2.24, 2.45) is 0 Å². The van der Waals surface area contributed by atoms with Gasteiger partial charge >= 0.3 is 0 Å². The number of imidazole rings is 2. The van der Waals surface area contributed by atoms with Crippen molar-refractivity contribution >= 4 is 93.7 Å². The number of para-hydroxylation sites is 7. The van der Waals surface area contributed by atoms with E-state index >= 15 is 0 Å². The highest BCUT2D eigenvalue weighted by molar-refractivity contribution is 6.25. The normalized spacial score (nSPS) is 13.7. The number of hydrogen-bond acceptors (Lipinski definition) is 2. The second-order valence-corrected chi connectivity index (χ2v) is 19.0. The lowest BCUT2D eigenvalue weighted by molar-refractivity contribution is 1.05. The Kier molecular flexibility index (Phi) is 7.28. The van der Waals surface area contributed by atoms with Crippen LogP contribution in [0.5, 0.6) is 0 Å². The van der Waals surface area contributed by atoms with Crippen molar-refractivity contribution in [2.45, 2.75) is 13.7 Å². The van der Waals surface area contributed by atoms with Crippen LogP contribution in [-0.4, -0.2) is 37.2 Å². The Morgan fingerprint density at radius 2 is 0.797 bits per heavy atom. The van der Waals surface area contributed by atoms with Crippen molar-refractivity contribution in [3.63, 3.8) is 0 Å². The number of benzene rings is 9. The number of pyridine rings is 1. The Hall–Kier alpha value is -9.92. The Bertz CT molecular complexity index is 5210. The van der Waals surface area contributed by atoms with E-state index in [-0.39, 0.29) is 11.1 Å². The van der Waals surface area contributed by atoms with Gasteiger partial charge in [-0.1, -0.05) is 109 Å². The minimum absolute atomic E-state index is 0.0276. The van der Waals surface area contributed by atoms with Crippen molar-refractivity contribution < 1.29 is 8.22 Å². The Balaban J connectivity index is 1.04. The average molecular weight is 955 g/mol. The number of aryl methyl sites for hydroxylation is 2. The predicted molar refractivity (Wildman–Crippen MR) is 305 cm³/mol. The van der Waals surface area contributed by atoms with Crippen LogP contribution in [0.3, 0.4) is 0 Å². The van der Waals surface area contributed by atoms with Gasteiger partial charge in [0.2, 0.25) is 5.78 Å². The molecule has 9 aromatic carbocycles. The summed E-state index contributed by atoms with van der Waals surface area (Å²) in [6.45, 7) is -5.38. The second kappa shape index (κ2) is 15.3. The molecule has 7 aromatic heterocycles. The lowest BCUT2D eigenvalue weighted by Gasteiger charge is -2.16. The smallest absolute Gasteiger partial charge is 0.221 e. The zero-order chi connectivity index (χ0) is 53.8. The molecule has 0 saturated carbocycles. The number of rotatable bonds is 6. The van der Waals surface area contributed by atoms with Gasteiger partial charge in [0.25, 0.3) is 0 Å². The molecule has 0 aliphatic heterocycles. The van der Waals surface area contributed by atoms with Crippen LogP contribution in [0.4, 0.5) is 0 Å². The maximum Gasteiger partial charge on any atom is 0.221 e. The summed E-state index contributed by atoms with van der Waals surface area (Å²) in [5, 5.41) is 5.29. The van der Waals surface area contributed by atoms with E-state index in [1.54, 1.807) is 18.3 Å². The number of aromatic nitrogens is 8. The van der Waals surface area contributed by atoms with E-state index in [0.29, 0.717) is 27.9 Å². The number of fused-ring (bicyclic) bond motifs is 15. The maximum absolute atomic E-state index is 9.44. The third-order valence-corrected chi connectivity index (χ3v) is 15.1. The minimum atomic E-state index is -2.71. The highest BCUT2D eigenvalue weighted by atomic mass is 15.2. The summed E-state index contributed by atoms with van der Waals surface area (Å²) in [6, 6.07) is 74.6. The molecular weight excluding hydrogens is 905 g/mol. The summed E-state index contributed by atoms with van der Waals surface area (Å²) in [7, 11) is 0. The van der Waals surface area contributed by atoms with E-state index in [0.717, 1.165) is 105 Å². The standard InChI is InChI=1S/C66H44N8/c1-41-36-59-52(61-48-28-12-15-31-55(48)69(43-20-6-3-7-21-43)64(61)71(59)45-24-10-5-11-25-45)39-50(41)51-40-53-60(37-42(51)2)72(65-62(53)49-29-13-16-32-56(49)70(65)44-22-8-4-9-23-44)46-26-18-27-47(38-46)73-63-58(34-19-35-67-63)74-57-33-17-14-30-54(57)68-66(73)74/h3-40H,1-2H3/i1D3,2D3. The average Bonchev–Trinajstić information content (AvgIpc) is 4.51. The fourth-order valence-electron chi connectivity index (χ4n) is 12.0. The van der Waals surface area contributed by atoms with E-state index in [1.807, 2.05) is 146 Å². The van der Waals surface area contributed by atoms with E-state index in [2.05, 4.69) is 94.0 Å². The minimum Gasteiger partial charge on any atom is -0.295 e. The Morgan fingerprint density at radius 1 is 0.351 bits per heavy atom. The summed E-state index contributed by atoms with van der Waals surface area (Å²) >= 11 is 0. The van der Waals surface area contributed by atoms with Crippen LogP contribution in [0.1, 0.15) is 19.4 Å². The lowest BCUT2D eigenvalue weighted by atomic mass is 9.93. The molecule has 74 heavy (non-hydrogen) atoms. The van der Waals surface area contributed by atoms with Crippen LogP contribution in [0.15, 0.2) is 231 Å². The first kappa shape index (κ1) is 35.2. The van der Waals surface area contributed by atoms with E-state index in [9.17, 15) is 8.22 Å². The van der Waals surface area contributed by atoms with Gasteiger partial charge in [0, 0.05) is 69.5 Å². The van der Waals surface area contributed by atoms with Crippen molar-refractivity contribution in [3.8, 4) is 39.6 Å². The Morgan fingerprint density at radius 3 is 1.35 bits per heavy atom. The zero-order valence-corrected chi connectivity index (χ0v) is 39.5. The molecule has 0 unspecified atom stereocenters. The maximum atomic E-state index is 9.44. The largest absolute Gasteiger partial charge is 0.295 e. The van der Waals surface area contributed by atoms with Crippen LogP contribution >= 0.6 is 0 Å². The van der Waals surface area contributed by atoms with Gasteiger partial charge in [-0.3, -0.25) is 27.2 Å². The van der Waals surface area contributed by atoms with Crippen LogP contribution in [-0.2, 0) is 0 Å². The van der Waals surface area contributed by atoms with Crippen LogP contribution in [0, 0.1) is 13.7 Å². The fourth-order valence-corrected chi connectivity index (χ4v) is 12.0. The summed E-state index contributed by atoms with van der Waals surface area (Å²) in [6.07, 6.45) is 1.79. The van der Waals surface area contributed by atoms with Gasteiger partial charge in [0.05, 0.1) is 44.3 Å². The molecule has 0 atom stereocenters. The third kappa shape index (κ3) is 5.56. The van der Waals surface area contributed by atoms with Crippen molar-refractivity contribution in [2.75, 3.05) is 0 Å². The summed E-state index contributed by atoms with van der Waals surface area (Å²) < 4.78 is 69.3. The quantitative estimate of drug-likeness (QED) is 0.167. The number of nitrogens with zero attached hydrogens (tertiary/aromatic N) is 8. The molecular formula is C66H44N8. The van der Waals surface area contributed by atoms with Gasteiger partial charge in [0.1, 0.15) is 11.3 Å². The van der Waals surface area contributed by atoms with Gasteiger partial charge < -0.3 is 0 Å². The van der Waals surface area contributed by atoms with E-state index in [4.69, 9.17) is 9.97 Å². The summed E-state index contributed by atoms with van der Waals surface area (Å²) in [5.41, 5.74) is 13.4. The molecule has 16 rings (SSSR count). The molecule has 16 aromatic rings. The monoisotopic (exact) mass is 954 g/mol. The van der Waals surface area contributed by atoms with Crippen LogP contribution in [0.2, 0.25) is 0 Å². The zero-order valence-electron chi connectivity index (χ0n) is 45.5. The fraction of sp³-hybridized carbons (Fsp3) is 0.0303. The van der Waals surface area contributed by atoms with Crippen molar-refractivity contribution in [1.82, 2.24) is 37.2 Å². The molecule has 0 aliphatic carbocycles. The SMILES string of the molecule is [2H]C([2H])([2H])c1cc2c(cc1-c1cc3c4c5ccccc5n(-c5ccccc5)c4n(-c4cccc(-n5c6ncccc6n6c7ccccc7nc56)c4)c3cc1C([2H])([2H])[2H])c1c3ccccc3n(-c3ccccc3)c1n2-c1ccccc1. The van der Waals surface area contributed by atoms with Gasteiger partial charge in [0.15, 0.2) is 5.65 Å². The third-order valence-electron chi connectivity index (χ3n) is 15.1. The van der Waals surface area contributed by atoms with Gasteiger partial charge in [-0.15, -0.1) is 0 Å². The highest BCUT2D eigenvalue weighted by Gasteiger charge is 2.27. The van der Waals surface area contributed by atoms with Crippen LogP contribution < -0.4 is 0 Å². The first-order chi connectivity index (χ1) is 39.0. The molecule has 0 N–H and O–H groups in total. The highest BCUT2D eigenvalue weighted by Crippen LogP contribution is 2.47. The second-order valence-electron chi connectivity index (χ2n) is 19.0. The molecule has 7 heterocycles. The molecule has 0 saturated heterocycles.